The first-order valence-corrected chi connectivity index (χ1v) is 9.06. The summed E-state index contributed by atoms with van der Waals surface area (Å²) in [5, 5.41) is 0. The summed E-state index contributed by atoms with van der Waals surface area (Å²) in [5.74, 6) is 0. The lowest BCUT2D eigenvalue weighted by atomic mass is 10.1. The van der Waals surface area contributed by atoms with Crippen molar-refractivity contribution in [2.75, 3.05) is 0 Å². The van der Waals surface area contributed by atoms with E-state index in [4.69, 9.17) is 0 Å². The van der Waals surface area contributed by atoms with Crippen LogP contribution in [0.3, 0.4) is 0 Å². The van der Waals surface area contributed by atoms with Gasteiger partial charge in [-0.2, -0.15) is 0 Å². The molecule has 1 unspecified atom stereocenters. The molecule has 0 aliphatic carbocycles. The molecule has 0 fully saturated rings. The van der Waals surface area contributed by atoms with Gasteiger partial charge in [-0.25, -0.2) is 0 Å². The van der Waals surface area contributed by atoms with Crippen molar-refractivity contribution in [1.29, 1.82) is 0 Å². The molecule has 2 aliphatic rings. The number of hydrogen-bond donors (Lipinski definition) is 0. The Labute approximate surface area is 106 Å². The van der Waals surface area contributed by atoms with Crippen LogP contribution in [-0.2, 0) is 0 Å². The van der Waals surface area contributed by atoms with Crippen LogP contribution in [0.4, 0.5) is 0 Å². The van der Waals surface area contributed by atoms with Crippen molar-refractivity contribution in [3.8, 4) is 0 Å². The van der Waals surface area contributed by atoms with Gasteiger partial charge in [0.2, 0.25) is 0 Å². The fourth-order valence-electron chi connectivity index (χ4n) is 1.68. The number of benzene rings is 1. The van der Waals surface area contributed by atoms with Gasteiger partial charge >= 0.3 is 0 Å². The van der Waals surface area contributed by atoms with E-state index < -0.39 is 0 Å². The molecule has 0 saturated carbocycles. The van der Waals surface area contributed by atoms with E-state index >= 15 is 0 Å². The van der Waals surface area contributed by atoms with Crippen molar-refractivity contribution < 1.29 is 0 Å². The molecular formula is C13H12S3. The average Bonchev–Trinajstić information content (AvgIpc) is 2.75. The zero-order valence-electron chi connectivity index (χ0n) is 9.19. The minimum atomic E-state index is 0.331. The Morgan fingerprint density at radius 3 is 2.38 bits per heavy atom. The first-order chi connectivity index (χ1) is 7.72. The van der Waals surface area contributed by atoms with E-state index in [1.807, 2.05) is 21.6 Å². The molecule has 0 radical (unpaired) electrons. The van der Waals surface area contributed by atoms with Gasteiger partial charge in [0.05, 0.1) is 0 Å². The molecule has 0 spiro atoms. The summed E-state index contributed by atoms with van der Waals surface area (Å²) in [6.07, 6.45) is 4.67. The van der Waals surface area contributed by atoms with Crippen molar-refractivity contribution in [2.24, 2.45) is 0 Å². The highest BCUT2D eigenvalue weighted by molar-refractivity contribution is 9.18. The van der Waals surface area contributed by atoms with Crippen molar-refractivity contribution >= 4 is 39.9 Å². The molecule has 2 heterocycles. The topological polar surface area (TPSA) is 0 Å². The zero-order chi connectivity index (χ0) is 11.1. The maximum Gasteiger partial charge on any atom is 0.0270 e. The monoisotopic (exact) mass is 264 g/mol. The second-order valence-corrected chi connectivity index (χ2v) is 9.92. The maximum absolute atomic E-state index is 2.35. The summed E-state index contributed by atoms with van der Waals surface area (Å²) < 4.78 is 0. The number of allylic oxidation sites excluding steroid dienone is 3. The van der Waals surface area contributed by atoms with E-state index in [0.717, 1.165) is 0 Å². The quantitative estimate of drug-likeness (QED) is 0.517. The highest BCUT2D eigenvalue weighted by Gasteiger charge is 2.21. The minimum absolute atomic E-state index is 0.331. The summed E-state index contributed by atoms with van der Waals surface area (Å²) >= 11 is 0. The number of aryl methyl sites for hydroxylation is 1. The van der Waals surface area contributed by atoms with Gasteiger partial charge in [-0.3, -0.25) is 0 Å². The lowest BCUT2D eigenvalue weighted by molar-refractivity contribution is 1.46. The molecule has 2 aliphatic heterocycles. The summed E-state index contributed by atoms with van der Waals surface area (Å²) in [6, 6.07) is 8.82. The van der Waals surface area contributed by atoms with Gasteiger partial charge in [-0.05, 0) is 36.5 Å². The van der Waals surface area contributed by atoms with Crippen LogP contribution in [0.15, 0.2) is 41.3 Å². The lowest BCUT2D eigenvalue weighted by Gasteiger charge is -2.04. The Bertz CT molecular complexity index is 533. The molecular weight excluding hydrogens is 252 g/mol. The maximum atomic E-state index is 2.35. The molecule has 1 atom stereocenters. The van der Waals surface area contributed by atoms with E-state index in [0.29, 0.717) is 8.55 Å². The van der Waals surface area contributed by atoms with Crippen molar-refractivity contribution in [2.45, 2.75) is 13.8 Å². The predicted molar refractivity (Wildman–Crippen MR) is 80.7 cm³/mol. The van der Waals surface area contributed by atoms with E-state index in [-0.39, 0.29) is 0 Å². The largest absolute Gasteiger partial charge is 0.0587 e. The zero-order valence-corrected chi connectivity index (χ0v) is 11.6. The van der Waals surface area contributed by atoms with Gasteiger partial charge in [-0.15, -0.1) is 0 Å². The summed E-state index contributed by atoms with van der Waals surface area (Å²) in [7, 11) is 4.34. The minimum Gasteiger partial charge on any atom is -0.0587 e. The van der Waals surface area contributed by atoms with Gasteiger partial charge < -0.3 is 0 Å². The standard InChI is InChI=1S/C13H12S3/c1-9-3-5-11(6-4-9)13-8-12-7-10(2)14-16(12)15-13/h3-8H,1-2H3. The van der Waals surface area contributed by atoms with E-state index in [1.54, 1.807) is 0 Å². The molecule has 0 bridgehead atoms. The fraction of sp³-hybridized carbons (Fsp3) is 0.154. The van der Waals surface area contributed by atoms with Crippen molar-refractivity contribution in [3.63, 3.8) is 0 Å². The Kier molecular flexibility index (Phi) is 2.78. The highest BCUT2D eigenvalue weighted by atomic mass is 33.5. The van der Waals surface area contributed by atoms with Crippen LogP contribution >= 0.6 is 30.1 Å². The number of hydrogen-bond acceptors (Lipinski definition) is 2. The van der Waals surface area contributed by atoms with E-state index in [1.165, 1.54) is 25.8 Å². The Balaban J connectivity index is 1.90. The molecule has 16 heavy (non-hydrogen) atoms. The Hall–Kier alpha value is -0.380. The van der Waals surface area contributed by atoms with Crippen LogP contribution in [0.1, 0.15) is 18.1 Å². The molecule has 1 aromatic carbocycles. The second kappa shape index (κ2) is 4.13. The molecule has 0 aromatic heterocycles. The first-order valence-electron chi connectivity index (χ1n) is 5.17. The van der Waals surface area contributed by atoms with Crippen LogP contribution in [-0.4, -0.2) is 4.86 Å². The van der Waals surface area contributed by atoms with Crippen LogP contribution in [0.5, 0.6) is 0 Å². The third-order valence-corrected chi connectivity index (χ3v) is 8.97. The molecule has 0 saturated heterocycles. The van der Waals surface area contributed by atoms with Gasteiger partial charge in [0.1, 0.15) is 0 Å². The second-order valence-electron chi connectivity index (χ2n) is 3.93. The van der Waals surface area contributed by atoms with Gasteiger partial charge in [0.25, 0.3) is 0 Å². The smallest absolute Gasteiger partial charge is 0.0270 e. The normalized spacial score (nSPS) is 23.1. The van der Waals surface area contributed by atoms with Crippen LogP contribution in [0.25, 0.3) is 4.91 Å². The summed E-state index contributed by atoms with van der Waals surface area (Å²) in [5.41, 5.74) is 2.68. The molecule has 0 nitrogen and oxygen atoms in total. The number of rotatable bonds is 1. The molecule has 82 valence electrons. The third-order valence-electron chi connectivity index (χ3n) is 2.52. The molecule has 3 rings (SSSR count). The molecule has 1 aromatic rings. The molecule has 0 N–H and O–H groups in total. The molecule has 0 amide bonds. The fourth-order valence-corrected chi connectivity index (χ4v) is 8.50. The average molecular weight is 264 g/mol. The SMILES string of the molecule is CC1=CC2=S(S1)SC(c1ccc(C)cc1)=C2. The summed E-state index contributed by atoms with van der Waals surface area (Å²) in [6.45, 7) is 4.33. The van der Waals surface area contributed by atoms with Crippen LogP contribution in [0.2, 0.25) is 0 Å². The van der Waals surface area contributed by atoms with Crippen molar-refractivity contribution in [1.82, 2.24) is 0 Å². The van der Waals surface area contributed by atoms with Crippen LogP contribution < -0.4 is 0 Å². The molecule has 3 heteroatoms. The van der Waals surface area contributed by atoms with E-state index in [2.05, 4.69) is 50.3 Å². The van der Waals surface area contributed by atoms with Gasteiger partial charge in [-0.1, -0.05) is 60.0 Å². The summed E-state index contributed by atoms with van der Waals surface area (Å²) in [4.78, 5) is 4.38. The van der Waals surface area contributed by atoms with E-state index in [9.17, 15) is 0 Å². The first kappa shape index (κ1) is 10.8. The lowest BCUT2D eigenvalue weighted by Crippen LogP contribution is -1.82. The predicted octanol–water partition coefficient (Wildman–Crippen LogP) is 5.00. The van der Waals surface area contributed by atoms with Gasteiger partial charge in [0, 0.05) is 9.77 Å². The van der Waals surface area contributed by atoms with Crippen LogP contribution in [0, 0.1) is 6.92 Å². The highest BCUT2D eigenvalue weighted by Crippen LogP contribution is 2.61. The van der Waals surface area contributed by atoms with Gasteiger partial charge in [0.15, 0.2) is 0 Å². The third kappa shape index (κ3) is 1.92. The Morgan fingerprint density at radius 1 is 0.938 bits per heavy atom. The Morgan fingerprint density at radius 2 is 1.69 bits per heavy atom. The van der Waals surface area contributed by atoms with Crippen molar-refractivity contribution in [3.05, 3.63) is 52.4 Å².